The van der Waals surface area contributed by atoms with Gasteiger partial charge in [0.25, 0.3) is 0 Å². The molecular weight excluding hydrogens is 331 g/mol. The SMILES string of the molecule is CCc1ccc(C(O)c2cccc(I)c2)s1. The maximum atomic E-state index is 10.2. The molecule has 0 fully saturated rings. The van der Waals surface area contributed by atoms with E-state index in [4.69, 9.17) is 0 Å². The highest BCUT2D eigenvalue weighted by molar-refractivity contribution is 14.1. The largest absolute Gasteiger partial charge is 0.383 e. The zero-order valence-corrected chi connectivity index (χ0v) is 12.0. The minimum atomic E-state index is -0.486. The molecule has 0 spiro atoms. The van der Waals surface area contributed by atoms with Crippen molar-refractivity contribution in [1.29, 1.82) is 0 Å². The summed E-state index contributed by atoms with van der Waals surface area (Å²) in [5.41, 5.74) is 0.969. The van der Waals surface area contributed by atoms with Crippen molar-refractivity contribution in [2.75, 3.05) is 0 Å². The van der Waals surface area contributed by atoms with Crippen molar-refractivity contribution in [3.63, 3.8) is 0 Å². The molecule has 0 amide bonds. The highest BCUT2D eigenvalue weighted by Crippen LogP contribution is 2.29. The average molecular weight is 344 g/mol. The van der Waals surface area contributed by atoms with Crippen molar-refractivity contribution in [1.82, 2.24) is 0 Å². The van der Waals surface area contributed by atoms with Gasteiger partial charge in [0.15, 0.2) is 0 Å². The van der Waals surface area contributed by atoms with Crippen LogP contribution in [-0.2, 0) is 6.42 Å². The maximum Gasteiger partial charge on any atom is 0.113 e. The Kier molecular flexibility index (Phi) is 4.00. The number of aliphatic hydroxyl groups is 1. The van der Waals surface area contributed by atoms with Crippen LogP contribution in [0.3, 0.4) is 0 Å². The first-order valence-electron chi connectivity index (χ1n) is 5.23. The third-order valence-electron chi connectivity index (χ3n) is 2.46. The molecule has 1 aromatic carbocycles. The zero-order chi connectivity index (χ0) is 11.5. The smallest absolute Gasteiger partial charge is 0.113 e. The van der Waals surface area contributed by atoms with E-state index in [2.05, 4.69) is 35.6 Å². The third-order valence-corrected chi connectivity index (χ3v) is 4.42. The van der Waals surface area contributed by atoms with Crippen LogP contribution in [-0.4, -0.2) is 5.11 Å². The molecule has 2 rings (SSSR count). The molecule has 2 aromatic rings. The van der Waals surface area contributed by atoms with Gasteiger partial charge in [-0.25, -0.2) is 0 Å². The third kappa shape index (κ3) is 2.64. The lowest BCUT2D eigenvalue weighted by Gasteiger charge is -2.08. The average Bonchev–Trinajstić information content (AvgIpc) is 2.76. The second kappa shape index (κ2) is 5.29. The van der Waals surface area contributed by atoms with Crippen molar-refractivity contribution in [3.8, 4) is 0 Å². The lowest BCUT2D eigenvalue weighted by atomic mass is 10.1. The van der Waals surface area contributed by atoms with Crippen LogP contribution in [0.4, 0.5) is 0 Å². The fourth-order valence-corrected chi connectivity index (χ4v) is 3.11. The quantitative estimate of drug-likeness (QED) is 0.835. The van der Waals surface area contributed by atoms with Crippen molar-refractivity contribution < 1.29 is 5.11 Å². The summed E-state index contributed by atoms with van der Waals surface area (Å²) in [5.74, 6) is 0. The van der Waals surface area contributed by atoms with Crippen LogP contribution in [0.1, 0.15) is 28.3 Å². The predicted molar refractivity (Wildman–Crippen MR) is 76.9 cm³/mol. The highest BCUT2D eigenvalue weighted by Gasteiger charge is 2.12. The highest BCUT2D eigenvalue weighted by atomic mass is 127. The second-order valence-electron chi connectivity index (χ2n) is 3.62. The zero-order valence-electron chi connectivity index (χ0n) is 8.98. The number of halogens is 1. The summed E-state index contributed by atoms with van der Waals surface area (Å²) in [5, 5.41) is 10.2. The lowest BCUT2D eigenvalue weighted by molar-refractivity contribution is 0.224. The number of aliphatic hydroxyl groups excluding tert-OH is 1. The Bertz CT molecular complexity index is 478. The Hall–Kier alpha value is -0.390. The second-order valence-corrected chi connectivity index (χ2v) is 6.06. The molecule has 84 valence electrons. The summed E-state index contributed by atoms with van der Waals surface area (Å²) >= 11 is 3.95. The first-order chi connectivity index (χ1) is 7.70. The summed E-state index contributed by atoms with van der Waals surface area (Å²) in [6, 6.07) is 12.1. The van der Waals surface area contributed by atoms with Crippen LogP contribution in [0.5, 0.6) is 0 Å². The molecular formula is C13H13IOS. The van der Waals surface area contributed by atoms with E-state index in [9.17, 15) is 5.11 Å². The Balaban J connectivity index is 2.27. The van der Waals surface area contributed by atoms with Gasteiger partial charge in [-0.2, -0.15) is 0 Å². The Morgan fingerprint density at radius 1 is 1.31 bits per heavy atom. The maximum absolute atomic E-state index is 10.2. The summed E-state index contributed by atoms with van der Waals surface area (Å²) in [6.45, 7) is 2.13. The Morgan fingerprint density at radius 3 is 2.75 bits per heavy atom. The van der Waals surface area contributed by atoms with E-state index in [0.29, 0.717) is 0 Å². The fourth-order valence-electron chi connectivity index (χ4n) is 1.57. The minimum absolute atomic E-state index is 0.486. The van der Waals surface area contributed by atoms with Gasteiger partial charge in [-0.1, -0.05) is 19.1 Å². The number of aryl methyl sites for hydroxylation is 1. The molecule has 16 heavy (non-hydrogen) atoms. The van der Waals surface area contributed by atoms with E-state index in [1.165, 1.54) is 4.88 Å². The molecule has 0 radical (unpaired) electrons. The first kappa shape index (κ1) is 12.1. The predicted octanol–water partition coefficient (Wildman–Crippen LogP) is 4.00. The van der Waals surface area contributed by atoms with Crippen LogP contribution in [0.15, 0.2) is 36.4 Å². The summed E-state index contributed by atoms with van der Waals surface area (Å²) in [4.78, 5) is 2.35. The van der Waals surface area contributed by atoms with Gasteiger partial charge >= 0.3 is 0 Å². The van der Waals surface area contributed by atoms with Gasteiger partial charge in [-0.15, -0.1) is 11.3 Å². The van der Waals surface area contributed by atoms with Crippen LogP contribution < -0.4 is 0 Å². The molecule has 1 heterocycles. The van der Waals surface area contributed by atoms with Crippen LogP contribution in [0, 0.1) is 3.57 Å². The number of hydrogen-bond donors (Lipinski definition) is 1. The molecule has 0 aliphatic carbocycles. The molecule has 0 saturated carbocycles. The molecule has 1 aromatic heterocycles. The molecule has 1 atom stereocenters. The van der Waals surface area contributed by atoms with Gasteiger partial charge in [0.1, 0.15) is 6.10 Å². The molecule has 1 nitrogen and oxygen atoms in total. The number of benzene rings is 1. The van der Waals surface area contributed by atoms with E-state index >= 15 is 0 Å². The lowest BCUT2D eigenvalue weighted by Crippen LogP contribution is -1.96. The van der Waals surface area contributed by atoms with Gasteiger partial charge < -0.3 is 5.11 Å². The van der Waals surface area contributed by atoms with Gasteiger partial charge in [-0.05, 0) is 58.8 Å². The van der Waals surface area contributed by atoms with Crippen LogP contribution >= 0.6 is 33.9 Å². The Morgan fingerprint density at radius 2 is 2.12 bits per heavy atom. The normalized spacial score (nSPS) is 12.7. The van der Waals surface area contributed by atoms with Gasteiger partial charge in [0.2, 0.25) is 0 Å². The Labute approximate surface area is 113 Å². The molecule has 0 aliphatic heterocycles. The number of thiophene rings is 1. The van der Waals surface area contributed by atoms with Crippen LogP contribution in [0.25, 0.3) is 0 Å². The van der Waals surface area contributed by atoms with E-state index in [-0.39, 0.29) is 0 Å². The number of hydrogen-bond acceptors (Lipinski definition) is 2. The molecule has 0 bridgehead atoms. The fraction of sp³-hybridized carbons (Fsp3) is 0.231. The van der Waals surface area contributed by atoms with E-state index < -0.39 is 6.10 Å². The molecule has 0 saturated heterocycles. The first-order valence-corrected chi connectivity index (χ1v) is 7.12. The minimum Gasteiger partial charge on any atom is -0.383 e. The summed E-state index contributed by atoms with van der Waals surface area (Å²) < 4.78 is 1.15. The van der Waals surface area contributed by atoms with Gasteiger partial charge in [-0.3, -0.25) is 0 Å². The standard InChI is InChI=1S/C13H13IOS/c1-2-11-6-7-12(16-11)13(15)9-4-3-5-10(14)8-9/h3-8,13,15H,2H2,1H3. The van der Waals surface area contributed by atoms with Gasteiger partial charge in [0, 0.05) is 13.3 Å². The molecule has 1 N–H and O–H groups in total. The van der Waals surface area contributed by atoms with Crippen LogP contribution in [0.2, 0.25) is 0 Å². The van der Waals surface area contributed by atoms with Gasteiger partial charge in [0.05, 0.1) is 0 Å². The van der Waals surface area contributed by atoms with Crippen molar-refractivity contribution >= 4 is 33.9 Å². The summed E-state index contributed by atoms with van der Waals surface area (Å²) in [7, 11) is 0. The van der Waals surface area contributed by atoms with Crippen molar-refractivity contribution in [2.45, 2.75) is 19.4 Å². The van der Waals surface area contributed by atoms with Crippen molar-refractivity contribution in [2.24, 2.45) is 0 Å². The van der Waals surface area contributed by atoms with E-state index in [1.54, 1.807) is 11.3 Å². The monoisotopic (exact) mass is 344 g/mol. The molecule has 1 unspecified atom stereocenters. The molecule has 3 heteroatoms. The molecule has 0 aliphatic rings. The number of rotatable bonds is 3. The summed E-state index contributed by atoms with van der Waals surface area (Å²) in [6.07, 6.45) is 0.545. The topological polar surface area (TPSA) is 20.2 Å². The van der Waals surface area contributed by atoms with Crippen molar-refractivity contribution in [3.05, 3.63) is 55.3 Å². The van der Waals surface area contributed by atoms with E-state index in [0.717, 1.165) is 20.4 Å². The van der Waals surface area contributed by atoms with E-state index in [1.807, 2.05) is 30.3 Å².